The number of alkyl halides is 1. The van der Waals surface area contributed by atoms with Crippen LogP contribution in [-0.4, -0.2) is 15.4 Å². The largest absolute Gasteiger partial charge is 0.325 e. The van der Waals surface area contributed by atoms with E-state index in [1.165, 1.54) is 0 Å². The van der Waals surface area contributed by atoms with Gasteiger partial charge in [0, 0.05) is 18.3 Å². The van der Waals surface area contributed by atoms with E-state index in [2.05, 4.69) is 25.3 Å². The van der Waals surface area contributed by atoms with Crippen LogP contribution in [0.4, 0.5) is 0 Å². The third-order valence-corrected chi connectivity index (χ3v) is 5.17. The van der Waals surface area contributed by atoms with Crippen molar-refractivity contribution in [1.29, 1.82) is 0 Å². The lowest BCUT2D eigenvalue weighted by molar-refractivity contribution is 0.333. The lowest BCUT2D eigenvalue weighted by atomic mass is 9.95. The van der Waals surface area contributed by atoms with E-state index in [0.717, 1.165) is 36.1 Å². The zero-order valence-corrected chi connectivity index (χ0v) is 14.9. The highest BCUT2D eigenvalue weighted by molar-refractivity contribution is 6.42. The summed E-state index contributed by atoms with van der Waals surface area (Å²) in [5, 5.41) is 1.11. The Morgan fingerprint density at radius 3 is 2.33 bits per heavy atom. The van der Waals surface area contributed by atoms with Gasteiger partial charge in [0.1, 0.15) is 5.82 Å². The minimum Gasteiger partial charge on any atom is -0.325 e. The van der Waals surface area contributed by atoms with E-state index in [1.807, 2.05) is 12.1 Å². The summed E-state index contributed by atoms with van der Waals surface area (Å²) in [6, 6.07) is 4.12. The Labute approximate surface area is 141 Å². The van der Waals surface area contributed by atoms with Crippen LogP contribution in [0.2, 0.25) is 10.0 Å². The molecule has 1 aromatic carbocycles. The van der Waals surface area contributed by atoms with Gasteiger partial charge in [-0.05, 0) is 25.0 Å². The molecule has 21 heavy (non-hydrogen) atoms. The first-order valence-electron chi connectivity index (χ1n) is 7.45. The topological polar surface area (TPSA) is 17.8 Å². The second-order valence-electron chi connectivity index (χ2n) is 5.41. The molecule has 0 aliphatic rings. The summed E-state index contributed by atoms with van der Waals surface area (Å²) >= 11 is 18.3. The van der Waals surface area contributed by atoms with Gasteiger partial charge >= 0.3 is 0 Å². The Morgan fingerprint density at radius 2 is 1.76 bits per heavy atom. The van der Waals surface area contributed by atoms with E-state index in [-0.39, 0.29) is 0 Å². The third kappa shape index (κ3) is 3.33. The van der Waals surface area contributed by atoms with Crippen molar-refractivity contribution in [3.05, 3.63) is 28.0 Å². The van der Waals surface area contributed by atoms with Crippen LogP contribution in [0.1, 0.15) is 45.5 Å². The van der Waals surface area contributed by atoms with E-state index in [1.54, 1.807) is 0 Å². The summed E-state index contributed by atoms with van der Waals surface area (Å²) < 4.78 is 2.29. The highest BCUT2D eigenvalue weighted by Crippen LogP contribution is 2.33. The number of hydrogen-bond acceptors (Lipinski definition) is 1. The predicted octanol–water partition coefficient (Wildman–Crippen LogP) is 6.12. The fourth-order valence-corrected chi connectivity index (χ4v) is 3.52. The first kappa shape index (κ1) is 16.9. The van der Waals surface area contributed by atoms with Crippen LogP contribution in [-0.2, 0) is 6.42 Å². The van der Waals surface area contributed by atoms with Crippen molar-refractivity contribution >= 4 is 45.8 Å². The summed E-state index contributed by atoms with van der Waals surface area (Å²) in [6.07, 6.45) is 3.02. The van der Waals surface area contributed by atoms with Gasteiger partial charge in [-0.1, -0.05) is 49.9 Å². The number of halogens is 3. The zero-order valence-electron chi connectivity index (χ0n) is 12.7. The first-order chi connectivity index (χ1) is 10.0. The van der Waals surface area contributed by atoms with Gasteiger partial charge in [-0.3, -0.25) is 0 Å². The number of benzene rings is 1. The molecule has 1 atom stereocenters. The molecule has 1 unspecified atom stereocenters. The van der Waals surface area contributed by atoms with Crippen molar-refractivity contribution in [3.8, 4) is 0 Å². The molecule has 0 spiro atoms. The molecule has 2 aromatic rings. The average molecular weight is 348 g/mol. The summed E-state index contributed by atoms with van der Waals surface area (Å²) in [5.41, 5.74) is 1.94. The van der Waals surface area contributed by atoms with Gasteiger partial charge in [-0.2, -0.15) is 0 Å². The van der Waals surface area contributed by atoms with E-state index < -0.39 is 0 Å². The Hall–Kier alpha value is -0.440. The Balaban J connectivity index is 2.62. The first-order valence-corrected chi connectivity index (χ1v) is 8.74. The number of rotatable bonds is 6. The molecule has 0 saturated heterocycles. The Morgan fingerprint density at radius 1 is 1.14 bits per heavy atom. The van der Waals surface area contributed by atoms with E-state index in [0.29, 0.717) is 27.9 Å². The molecular weight excluding hydrogens is 327 g/mol. The fraction of sp³-hybridized carbons (Fsp3) is 0.562. The SMILES string of the molecule is CCC(CC)C(C)n1c(CCCl)nc2cc(Cl)c(Cl)cc21. The molecule has 116 valence electrons. The molecule has 2 rings (SSSR count). The smallest absolute Gasteiger partial charge is 0.111 e. The molecule has 2 nitrogen and oxygen atoms in total. The summed E-state index contributed by atoms with van der Waals surface area (Å²) in [4.78, 5) is 4.71. The molecule has 5 heteroatoms. The molecule has 0 aliphatic carbocycles. The van der Waals surface area contributed by atoms with Crippen molar-refractivity contribution < 1.29 is 0 Å². The molecule has 1 heterocycles. The lowest BCUT2D eigenvalue weighted by Gasteiger charge is -2.25. The summed E-state index contributed by atoms with van der Waals surface area (Å²) in [5.74, 6) is 2.17. The second kappa shape index (κ2) is 7.21. The summed E-state index contributed by atoms with van der Waals surface area (Å²) in [6.45, 7) is 6.71. The average Bonchev–Trinajstić information content (AvgIpc) is 2.78. The quantitative estimate of drug-likeness (QED) is 0.575. The lowest BCUT2D eigenvalue weighted by Crippen LogP contribution is -2.18. The van der Waals surface area contributed by atoms with Gasteiger partial charge in [0.15, 0.2) is 0 Å². The van der Waals surface area contributed by atoms with E-state index >= 15 is 0 Å². The minimum absolute atomic E-state index is 0.362. The van der Waals surface area contributed by atoms with E-state index in [4.69, 9.17) is 39.8 Å². The second-order valence-corrected chi connectivity index (χ2v) is 6.60. The van der Waals surface area contributed by atoms with Crippen LogP contribution in [0.15, 0.2) is 12.1 Å². The highest BCUT2D eigenvalue weighted by Gasteiger charge is 2.22. The molecule has 0 radical (unpaired) electrons. The Bertz CT molecular complexity index is 617. The summed E-state index contributed by atoms with van der Waals surface area (Å²) in [7, 11) is 0. The van der Waals surface area contributed by atoms with Crippen LogP contribution < -0.4 is 0 Å². The molecular formula is C16H21Cl3N2. The maximum Gasteiger partial charge on any atom is 0.111 e. The molecule has 0 saturated carbocycles. The third-order valence-electron chi connectivity index (χ3n) is 4.26. The normalized spacial score (nSPS) is 13.3. The van der Waals surface area contributed by atoms with Gasteiger partial charge in [-0.25, -0.2) is 4.98 Å². The number of aromatic nitrogens is 2. The Kier molecular flexibility index (Phi) is 5.81. The monoisotopic (exact) mass is 346 g/mol. The number of hydrogen-bond donors (Lipinski definition) is 0. The maximum absolute atomic E-state index is 6.20. The number of fused-ring (bicyclic) bond motifs is 1. The van der Waals surface area contributed by atoms with Crippen LogP contribution >= 0.6 is 34.8 Å². The van der Waals surface area contributed by atoms with Gasteiger partial charge in [-0.15, -0.1) is 11.6 Å². The highest BCUT2D eigenvalue weighted by atomic mass is 35.5. The van der Waals surface area contributed by atoms with Gasteiger partial charge in [0.05, 0.1) is 21.1 Å². The van der Waals surface area contributed by atoms with Gasteiger partial charge < -0.3 is 4.57 Å². The van der Waals surface area contributed by atoms with Gasteiger partial charge in [0.25, 0.3) is 0 Å². The number of imidazole rings is 1. The van der Waals surface area contributed by atoms with Crippen LogP contribution in [0.3, 0.4) is 0 Å². The zero-order chi connectivity index (χ0) is 15.6. The molecule has 0 amide bonds. The van der Waals surface area contributed by atoms with Crippen molar-refractivity contribution in [2.75, 3.05) is 5.88 Å². The van der Waals surface area contributed by atoms with E-state index in [9.17, 15) is 0 Å². The van der Waals surface area contributed by atoms with Crippen molar-refractivity contribution in [3.63, 3.8) is 0 Å². The number of nitrogens with zero attached hydrogens (tertiary/aromatic N) is 2. The van der Waals surface area contributed by atoms with Crippen molar-refractivity contribution in [2.45, 2.75) is 46.1 Å². The van der Waals surface area contributed by atoms with Gasteiger partial charge in [0.2, 0.25) is 0 Å². The molecule has 0 bridgehead atoms. The van der Waals surface area contributed by atoms with Crippen LogP contribution in [0.25, 0.3) is 11.0 Å². The fourth-order valence-electron chi connectivity index (χ4n) is 3.04. The molecule has 0 N–H and O–H groups in total. The molecule has 0 fully saturated rings. The van der Waals surface area contributed by atoms with Crippen molar-refractivity contribution in [1.82, 2.24) is 9.55 Å². The number of aryl methyl sites for hydroxylation is 1. The molecule has 0 aliphatic heterocycles. The molecule has 1 aromatic heterocycles. The standard InChI is InChI=1S/C16H21Cl3N2/c1-4-11(5-2)10(3)21-15-9-13(19)12(18)8-14(15)20-16(21)6-7-17/h8-11H,4-7H2,1-3H3. The van der Waals surface area contributed by atoms with Crippen LogP contribution in [0.5, 0.6) is 0 Å². The van der Waals surface area contributed by atoms with Crippen LogP contribution in [0, 0.1) is 5.92 Å². The predicted molar refractivity (Wildman–Crippen MR) is 93.0 cm³/mol. The minimum atomic E-state index is 0.362. The van der Waals surface area contributed by atoms with Crippen molar-refractivity contribution in [2.24, 2.45) is 5.92 Å². The maximum atomic E-state index is 6.20.